The summed E-state index contributed by atoms with van der Waals surface area (Å²) >= 11 is 0. The average Bonchev–Trinajstić information content (AvgIpc) is 3.09. The fourth-order valence-electron chi connectivity index (χ4n) is 2.71. The van der Waals surface area contributed by atoms with Gasteiger partial charge in [-0.2, -0.15) is 0 Å². The quantitative estimate of drug-likeness (QED) is 0.774. The van der Waals surface area contributed by atoms with Gasteiger partial charge in [-0.25, -0.2) is 4.98 Å². The van der Waals surface area contributed by atoms with Crippen LogP contribution in [0.1, 0.15) is 19.4 Å². The van der Waals surface area contributed by atoms with Gasteiger partial charge in [-0.05, 0) is 30.9 Å². The smallest absolute Gasteiger partial charge is 0.0949 e. The standard InChI is InChI=1S/C16H19N3O/c1-13(20)15(19-11-8-17-12-19)7-10-18-9-6-14-4-2-3-5-16(14)18/h2-6,8-9,11-13,15,20H,7,10H2,1H3/t13-,15+/m0/s1. The molecular weight excluding hydrogens is 250 g/mol. The van der Waals surface area contributed by atoms with Crippen LogP contribution in [0.2, 0.25) is 0 Å². The van der Waals surface area contributed by atoms with Gasteiger partial charge in [-0.1, -0.05) is 18.2 Å². The topological polar surface area (TPSA) is 43.0 Å². The van der Waals surface area contributed by atoms with E-state index in [-0.39, 0.29) is 6.04 Å². The molecule has 0 spiro atoms. The summed E-state index contributed by atoms with van der Waals surface area (Å²) in [5.41, 5.74) is 1.24. The van der Waals surface area contributed by atoms with E-state index in [0.717, 1.165) is 13.0 Å². The van der Waals surface area contributed by atoms with Crippen LogP contribution in [-0.4, -0.2) is 25.3 Å². The van der Waals surface area contributed by atoms with Crippen molar-refractivity contribution in [3.63, 3.8) is 0 Å². The molecule has 104 valence electrons. The SMILES string of the molecule is C[C@H](O)[C@@H](CCn1ccc2ccccc21)n1ccnc1. The number of benzene rings is 1. The third kappa shape index (κ3) is 2.47. The highest BCUT2D eigenvalue weighted by atomic mass is 16.3. The zero-order valence-corrected chi connectivity index (χ0v) is 11.6. The van der Waals surface area contributed by atoms with Crippen LogP contribution in [0, 0.1) is 0 Å². The summed E-state index contributed by atoms with van der Waals surface area (Å²) in [4.78, 5) is 4.07. The minimum Gasteiger partial charge on any atom is -0.391 e. The van der Waals surface area contributed by atoms with Crippen molar-refractivity contribution in [3.8, 4) is 0 Å². The lowest BCUT2D eigenvalue weighted by atomic mass is 10.1. The highest BCUT2D eigenvalue weighted by molar-refractivity contribution is 5.79. The zero-order chi connectivity index (χ0) is 13.9. The molecule has 3 rings (SSSR count). The fraction of sp³-hybridized carbons (Fsp3) is 0.312. The largest absolute Gasteiger partial charge is 0.391 e. The molecular formula is C16H19N3O. The first-order chi connectivity index (χ1) is 9.75. The number of nitrogens with zero attached hydrogens (tertiary/aromatic N) is 3. The van der Waals surface area contributed by atoms with Gasteiger partial charge in [0.15, 0.2) is 0 Å². The summed E-state index contributed by atoms with van der Waals surface area (Å²) in [6.45, 7) is 2.71. The van der Waals surface area contributed by atoms with E-state index in [4.69, 9.17) is 0 Å². The van der Waals surface area contributed by atoms with Gasteiger partial charge < -0.3 is 14.2 Å². The Morgan fingerprint density at radius 2 is 2.05 bits per heavy atom. The molecule has 20 heavy (non-hydrogen) atoms. The molecule has 2 atom stereocenters. The molecule has 0 saturated carbocycles. The second-order valence-electron chi connectivity index (χ2n) is 5.17. The molecule has 0 saturated heterocycles. The number of fused-ring (bicyclic) bond motifs is 1. The molecule has 0 amide bonds. The summed E-state index contributed by atoms with van der Waals surface area (Å²) in [7, 11) is 0. The molecule has 3 aromatic rings. The second kappa shape index (κ2) is 5.51. The van der Waals surface area contributed by atoms with E-state index < -0.39 is 6.10 Å². The van der Waals surface area contributed by atoms with Crippen LogP contribution in [0.3, 0.4) is 0 Å². The maximum atomic E-state index is 9.97. The molecule has 2 aromatic heterocycles. The van der Waals surface area contributed by atoms with Gasteiger partial charge >= 0.3 is 0 Å². The van der Waals surface area contributed by atoms with Crippen molar-refractivity contribution in [3.05, 3.63) is 55.2 Å². The normalized spacial score (nSPS) is 14.5. The Labute approximate surface area is 118 Å². The molecule has 0 aliphatic heterocycles. The number of para-hydroxylation sites is 1. The third-order valence-electron chi connectivity index (χ3n) is 3.81. The van der Waals surface area contributed by atoms with Crippen molar-refractivity contribution in [2.45, 2.75) is 32.0 Å². The molecule has 0 fully saturated rings. The summed E-state index contributed by atoms with van der Waals surface area (Å²) in [6.07, 6.45) is 8.01. The fourth-order valence-corrected chi connectivity index (χ4v) is 2.71. The van der Waals surface area contributed by atoms with Crippen molar-refractivity contribution in [2.75, 3.05) is 0 Å². The number of aryl methyl sites for hydroxylation is 1. The first-order valence-corrected chi connectivity index (χ1v) is 6.95. The third-order valence-corrected chi connectivity index (χ3v) is 3.81. The molecule has 0 radical (unpaired) electrons. The number of aliphatic hydroxyl groups is 1. The van der Waals surface area contributed by atoms with Crippen LogP contribution >= 0.6 is 0 Å². The molecule has 4 heteroatoms. The van der Waals surface area contributed by atoms with E-state index in [0.29, 0.717) is 0 Å². The molecule has 0 aliphatic carbocycles. The van der Waals surface area contributed by atoms with Crippen LogP contribution in [0.15, 0.2) is 55.2 Å². The second-order valence-corrected chi connectivity index (χ2v) is 5.17. The van der Waals surface area contributed by atoms with Crippen molar-refractivity contribution >= 4 is 10.9 Å². The first-order valence-electron chi connectivity index (χ1n) is 6.95. The molecule has 2 heterocycles. The Kier molecular flexibility index (Phi) is 3.56. The highest BCUT2D eigenvalue weighted by Crippen LogP contribution is 2.20. The minimum absolute atomic E-state index is 0.0543. The van der Waals surface area contributed by atoms with Gasteiger partial charge in [0.2, 0.25) is 0 Å². The molecule has 0 aliphatic rings. The molecule has 0 unspecified atom stereocenters. The number of hydrogen-bond acceptors (Lipinski definition) is 2. The van der Waals surface area contributed by atoms with E-state index in [1.807, 2.05) is 17.7 Å². The van der Waals surface area contributed by atoms with Gasteiger partial charge in [0.25, 0.3) is 0 Å². The van der Waals surface area contributed by atoms with E-state index >= 15 is 0 Å². The zero-order valence-electron chi connectivity index (χ0n) is 11.6. The number of aliphatic hydroxyl groups excluding tert-OH is 1. The van der Waals surface area contributed by atoms with Gasteiger partial charge in [0, 0.05) is 30.7 Å². The van der Waals surface area contributed by atoms with E-state index in [2.05, 4.69) is 46.1 Å². The minimum atomic E-state index is -0.397. The number of aromatic nitrogens is 3. The monoisotopic (exact) mass is 269 g/mol. The Hall–Kier alpha value is -2.07. The van der Waals surface area contributed by atoms with Gasteiger partial charge in [0.05, 0.1) is 18.5 Å². The van der Waals surface area contributed by atoms with Crippen molar-refractivity contribution in [1.82, 2.24) is 14.1 Å². The van der Waals surface area contributed by atoms with E-state index in [1.54, 1.807) is 12.5 Å². The molecule has 1 N–H and O–H groups in total. The molecule has 0 bridgehead atoms. The lowest BCUT2D eigenvalue weighted by Crippen LogP contribution is -2.22. The van der Waals surface area contributed by atoms with Crippen LogP contribution in [0.4, 0.5) is 0 Å². The summed E-state index contributed by atoms with van der Waals surface area (Å²) in [5.74, 6) is 0. The summed E-state index contributed by atoms with van der Waals surface area (Å²) in [5, 5.41) is 11.2. The summed E-state index contributed by atoms with van der Waals surface area (Å²) < 4.78 is 4.22. The lowest BCUT2D eigenvalue weighted by Gasteiger charge is -2.21. The van der Waals surface area contributed by atoms with Gasteiger partial charge in [-0.15, -0.1) is 0 Å². The predicted octanol–water partition coefficient (Wildman–Crippen LogP) is 2.85. The maximum Gasteiger partial charge on any atom is 0.0949 e. The van der Waals surface area contributed by atoms with Crippen LogP contribution in [0.5, 0.6) is 0 Å². The maximum absolute atomic E-state index is 9.97. The Morgan fingerprint density at radius 3 is 2.80 bits per heavy atom. The van der Waals surface area contributed by atoms with Crippen LogP contribution in [-0.2, 0) is 6.54 Å². The number of rotatable bonds is 5. The molecule has 4 nitrogen and oxygen atoms in total. The highest BCUT2D eigenvalue weighted by Gasteiger charge is 2.16. The average molecular weight is 269 g/mol. The van der Waals surface area contributed by atoms with Gasteiger partial charge in [0.1, 0.15) is 0 Å². The van der Waals surface area contributed by atoms with Crippen LogP contribution < -0.4 is 0 Å². The van der Waals surface area contributed by atoms with Crippen molar-refractivity contribution < 1.29 is 5.11 Å². The van der Waals surface area contributed by atoms with Crippen molar-refractivity contribution in [1.29, 1.82) is 0 Å². The number of imidazole rings is 1. The Morgan fingerprint density at radius 1 is 1.20 bits per heavy atom. The predicted molar refractivity (Wildman–Crippen MR) is 79.5 cm³/mol. The van der Waals surface area contributed by atoms with E-state index in [9.17, 15) is 5.11 Å². The number of hydrogen-bond donors (Lipinski definition) is 1. The van der Waals surface area contributed by atoms with Gasteiger partial charge in [-0.3, -0.25) is 0 Å². The summed E-state index contributed by atoms with van der Waals surface area (Å²) in [6, 6.07) is 10.5. The Bertz CT molecular complexity index is 670. The lowest BCUT2D eigenvalue weighted by molar-refractivity contribution is 0.122. The van der Waals surface area contributed by atoms with E-state index in [1.165, 1.54) is 10.9 Å². The van der Waals surface area contributed by atoms with Crippen molar-refractivity contribution in [2.24, 2.45) is 0 Å². The molecule has 1 aromatic carbocycles. The van der Waals surface area contributed by atoms with Crippen LogP contribution in [0.25, 0.3) is 10.9 Å². The first kappa shape index (κ1) is 12.9. The Balaban J connectivity index is 1.78.